The molecule has 0 amide bonds. The molecule has 0 saturated carbocycles. The van der Waals surface area contributed by atoms with Crippen molar-refractivity contribution >= 4 is 11.8 Å². The number of hydrogen-bond acceptors (Lipinski definition) is 3. The normalized spacial score (nSPS) is 12.1. The third kappa shape index (κ3) is 2.19. The zero-order valence-electron chi connectivity index (χ0n) is 7.90. The van der Waals surface area contributed by atoms with Gasteiger partial charge in [-0.1, -0.05) is 37.3 Å². The fourth-order valence-corrected chi connectivity index (χ4v) is 1.40. The number of carboxylic acid groups (broad SMARTS) is 1. The minimum absolute atomic E-state index is 0.469. The van der Waals surface area contributed by atoms with Crippen LogP contribution in [0.3, 0.4) is 0 Å². The summed E-state index contributed by atoms with van der Waals surface area (Å²) in [7, 11) is 0. The summed E-state index contributed by atoms with van der Waals surface area (Å²) in [6.45, 7) is 1.78. The lowest BCUT2D eigenvalue weighted by molar-refractivity contribution is -0.300. The number of rotatable bonds is 4. The molecule has 74 valence electrons. The Bertz CT molecular complexity index is 330. The molecule has 3 nitrogen and oxygen atoms in total. The molecule has 0 aliphatic heterocycles. The average Bonchev–Trinajstić information content (AvgIpc) is 2.20. The standard InChI is InChI=1S/C11H12O3/c1-2-9(10(12)11(13)14)8-6-4-3-5-7-8/h3-7,9H,2H2,1H3,(H,13,14)/p-1. The Morgan fingerprint density at radius 1 is 1.29 bits per heavy atom. The summed E-state index contributed by atoms with van der Waals surface area (Å²) in [5.74, 6) is -3.04. The molecule has 0 aliphatic carbocycles. The summed E-state index contributed by atoms with van der Waals surface area (Å²) < 4.78 is 0. The summed E-state index contributed by atoms with van der Waals surface area (Å²) in [5, 5.41) is 10.4. The largest absolute Gasteiger partial charge is 0.542 e. The molecule has 1 unspecified atom stereocenters. The molecular formula is C11H11O3-. The van der Waals surface area contributed by atoms with Gasteiger partial charge in [0.2, 0.25) is 0 Å². The molecule has 0 radical (unpaired) electrons. The first-order chi connectivity index (χ1) is 6.66. The molecule has 1 aromatic carbocycles. The van der Waals surface area contributed by atoms with Crippen LogP contribution in [0.5, 0.6) is 0 Å². The van der Waals surface area contributed by atoms with Gasteiger partial charge in [0.15, 0.2) is 5.78 Å². The van der Waals surface area contributed by atoms with Crippen molar-refractivity contribution in [3.63, 3.8) is 0 Å². The number of carbonyl (C=O) groups excluding carboxylic acids is 2. The maximum absolute atomic E-state index is 11.2. The van der Waals surface area contributed by atoms with Gasteiger partial charge in [-0.15, -0.1) is 0 Å². The van der Waals surface area contributed by atoms with Crippen LogP contribution in [0.1, 0.15) is 24.8 Å². The third-order valence-electron chi connectivity index (χ3n) is 2.13. The van der Waals surface area contributed by atoms with Crippen molar-refractivity contribution in [3.8, 4) is 0 Å². The van der Waals surface area contributed by atoms with Crippen molar-refractivity contribution in [1.82, 2.24) is 0 Å². The molecule has 0 spiro atoms. The third-order valence-corrected chi connectivity index (χ3v) is 2.13. The fourth-order valence-electron chi connectivity index (χ4n) is 1.40. The van der Waals surface area contributed by atoms with Gasteiger partial charge in [0.05, 0.1) is 0 Å². The highest BCUT2D eigenvalue weighted by Crippen LogP contribution is 2.19. The lowest BCUT2D eigenvalue weighted by Crippen LogP contribution is -2.35. The van der Waals surface area contributed by atoms with Gasteiger partial charge in [0.1, 0.15) is 5.97 Å². The lowest BCUT2D eigenvalue weighted by atomic mass is 9.92. The van der Waals surface area contributed by atoms with E-state index in [1.807, 2.05) is 6.07 Å². The van der Waals surface area contributed by atoms with E-state index in [1.165, 1.54) is 0 Å². The van der Waals surface area contributed by atoms with E-state index >= 15 is 0 Å². The zero-order chi connectivity index (χ0) is 10.6. The van der Waals surface area contributed by atoms with Gasteiger partial charge < -0.3 is 9.90 Å². The monoisotopic (exact) mass is 191 g/mol. The average molecular weight is 191 g/mol. The Hall–Kier alpha value is -1.64. The van der Waals surface area contributed by atoms with Crippen molar-refractivity contribution in [2.45, 2.75) is 19.3 Å². The molecular weight excluding hydrogens is 180 g/mol. The van der Waals surface area contributed by atoms with E-state index in [-0.39, 0.29) is 0 Å². The van der Waals surface area contributed by atoms with Crippen LogP contribution < -0.4 is 5.11 Å². The van der Waals surface area contributed by atoms with E-state index in [0.29, 0.717) is 6.42 Å². The van der Waals surface area contributed by atoms with Crippen LogP contribution in [-0.4, -0.2) is 11.8 Å². The Balaban J connectivity index is 2.93. The Morgan fingerprint density at radius 3 is 2.29 bits per heavy atom. The number of carboxylic acids is 1. The van der Waals surface area contributed by atoms with Gasteiger partial charge in [0, 0.05) is 5.92 Å². The van der Waals surface area contributed by atoms with E-state index in [9.17, 15) is 14.7 Å². The molecule has 0 fully saturated rings. The van der Waals surface area contributed by atoms with E-state index in [1.54, 1.807) is 31.2 Å². The van der Waals surface area contributed by atoms with Gasteiger partial charge in [-0.2, -0.15) is 0 Å². The van der Waals surface area contributed by atoms with Crippen LogP contribution in [0.2, 0.25) is 0 Å². The number of Topliss-reactive ketones (excluding diaryl/α,β-unsaturated/α-hetero) is 1. The quantitative estimate of drug-likeness (QED) is 0.651. The van der Waals surface area contributed by atoms with Crippen molar-refractivity contribution in [1.29, 1.82) is 0 Å². The van der Waals surface area contributed by atoms with Crippen LogP contribution in [0.25, 0.3) is 0 Å². The Kier molecular flexibility index (Phi) is 3.40. The minimum atomic E-state index is -1.61. The summed E-state index contributed by atoms with van der Waals surface area (Å²) in [6, 6.07) is 8.87. The second-order valence-electron chi connectivity index (χ2n) is 3.02. The SMILES string of the molecule is CCC(C(=O)C(=O)[O-])c1ccccc1. The van der Waals surface area contributed by atoms with Crippen molar-refractivity contribution in [2.24, 2.45) is 0 Å². The van der Waals surface area contributed by atoms with Crippen LogP contribution >= 0.6 is 0 Å². The van der Waals surface area contributed by atoms with Crippen LogP contribution in [-0.2, 0) is 9.59 Å². The number of aliphatic carboxylic acids is 1. The molecule has 1 atom stereocenters. The molecule has 1 rings (SSSR count). The maximum atomic E-state index is 11.2. The number of hydrogen-bond donors (Lipinski definition) is 0. The second kappa shape index (κ2) is 4.56. The molecule has 3 heteroatoms. The smallest absolute Gasteiger partial charge is 0.185 e. The van der Waals surface area contributed by atoms with E-state index in [0.717, 1.165) is 5.56 Å². The fraction of sp³-hybridized carbons (Fsp3) is 0.273. The van der Waals surface area contributed by atoms with Crippen LogP contribution in [0, 0.1) is 0 Å². The van der Waals surface area contributed by atoms with Crippen molar-refractivity contribution in [2.75, 3.05) is 0 Å². The van der Waals surface area contributed by atoms with Crippen LogP contribution in [0.15, 0.2) is 30.3 Å². The van der Waals surface area contributed by atoms with E-state index in [4.69, 9.17) is 0 Å². The predicted octanol–water partition coefficient (Wildman–Crippen LogP) is 0.499. The summed E-state index contributed by atoms with van der Waals surface area (Å²) in [4.78, 5) is 21.6. The highest BCUT2D eigenvalue weighted by atomic mass is 16.4. The molecule has 1 aromatic rings. The van der Waals surface area contributed by atoms with Crippen molar-refractivity contribution in [3.05, 3.63) is 35.9 Å². The molecule has 0 aliphatic rings. The summed E-state index contributed by atoms with van der Waals surface area (Å²) in [5.41, 5.74) is 0.726. The number of ketones is 1. The molecule has 0 bridgehead atoms. The van der Waals surface area contributed by atoms with Gasteiger partial charge in [-0.25, -0.2) is 0 Å². The molecule has 0 aromatic heterocycles. The molecule has 0 N–H and O–H groups in total. The predicted molar refractivity (Wildman–Crippen MR) is 49.5 cm³/mol. The molecule has 14 heavy (non-hydrogen) atoms. The number of carbonyl (C=O) groups is 2. The Labute approximate surface area is 82.4 Å². The Morgan fingerprint density at radius 2 is 1.86 bits per heavy atom. The highest BCUT2D eigenvalue weighted by molar-refractivity contribution is 6.33. The molecule has 0 saturated heterocycles. The topological polar surface area (TPSA) is 57.2 Å². The highest BCUT2D eigenvalue weighted by Gasteiger charge is 2.18. The van der Waals surface area contributed by atoms with Gasteiger partial charge >= 0.3 is 0 Å². The minimum Gasteiger partial charge on any atom is -0.542 e. The van der Waals surface area contributed by atoms with Gasteiger partial charge in [0.25, 0.3) is 0 Å². The molecule has 0 heterocycles. The second-order valence-corrected chi connectivity index (χ2v) is 3.02. The first kappa shape index (κ1) is 10.4. The van der Waals surface area contributed by atoms with Crippen molar-refractivity contribution < 1.29 is 14.7 Å². The zero-order valence-corrected chi connectivity index (χ0v) is 7.90. The lowest BCUT2D eigenvalue weighted by Gasteiger charge is -2.14. The van der Waals surface area contributed by atoms with E-state index < -0.39 is 17.7 Å². The van der Waals surface area contributed by atoms with E-state index in [2.05, 4.69) is 0 Å². The first-order valence-corrected chi connectivity index (χ1v) is 4.47. The summed E-state index contributed by atoms with van der Waals surface area (Å²) in [6.07, 6.45) is 0.469. The maximum Gasteiger partial charge on any atom is 0.185 e. The van der Waals surface area contributed by atoms with Gasteiger partial charge in [-0.3, -0.25) is 4.79 Å². The van der Waals surface area contributed by atoms with Gasteiger partial charge in [-0.05, 0) is 12.0 Å². The van der Waals surface area contributed by atoms with Crippen LogP contribution in [0.4, 0.5) is 0 Å². The number of benzene rings is 1. The first-order valence-electron chi connectivity index (χ1n) is 4.47. The summed E-state index contributed by atoms with van der Waals surface area (Å²) >= 11 is 0.